The van der Waals surface area contributed by atoms with Crippen molar-refractivity contribution in [2.45, 2.75) is 32.2 Å². The Kier molecular flexibility index (Phi) is 2.35. The van der Waals surface area contributed by atoms with E-state index in [4.69, 9.17) is 5.73 Å². The van der Waals surface area contributed by atoms with Crippen LogP contribution in [-0.2, 0) is 0 Å². The van der Waals surface area contributed by atoms with Gasteiger partial charge in [-0.15, -0.1) is 0 Å². The third-order valence-electron chi connectivity index (χ3n) is 3.55. The van der Waals surface area contributed by atoms with Crippen molar-refractivity contribution in [2.75, 3.05) is 11.1 Å². The highest BCUT2D eigenvalue weighted by molar-refractivity contribution is 5.86. The van der Waals surface area contributed by atoms with Crippen molar-refractivity contribution in [2.24, 2.45) is 5.92 Å². The van der Waals surface area contributed by atoms with Crippen molar-refractivity contribution in [3.8, 4) is 0 Å². The molecule has 17 heavy (non-hydrogen) atoms. The first-order valence-corrected chi connectivity index (χ1v) is 5.97. The minimum atomic E-state index is 0.269. The van der Waals surface area contributed by atoms with Gasteiger partial charge in [-0.1, -0.05) is 6.42 Å². The Morgan fingerprint density at radius 2 is 2.29 bits per heavy atom. The molecule has 90 valence electrons. The summed E-state index contributed by atoms with van der Waals surface area (Å²) in [6, 6.07) is 0.413. The SMILES string of the molecule is CC(Nc1nc(N)nc2[nH]ncc12)C1CCC1. The van der Waals surface area contributed by atoms with Crippen LogP contribution in [0.3, 0.4) is 0 Å². The Labute approximate surface area is 99.0 Å². The second kappa shape index (κ2) is 3.87. The zero-order valence-corrected chi connectivity index (χ0v) is 9.77. The van der Waals surface area contributed by atoms with Crippen molar-refractivity contribution in [1.82, 2.24) is 20.2 Å². The molecule has 1 fully saturated rings. The molecule has 1 saturated carbocycles. The lowest BCUT2D eigenvalue weighted by Gasteiger charge is -2.32. The van der Waals surface area contributed by atoms with E-state index in [0.29, 0.717) is 11.7 Å². The molecule has 2 aromatic rings. The van der Waals surface area contributed by atoms with Crippen LogP contribution in [-0.4, -0.2) is 26.2 Å². The summed E-state index contributed by atoms with van der Waals surface area (Å²) in [6.07, 6.45) is 5.65. The molecule has 6 heteroatoms. The van der Waals surface area contributed by atoms with E-state index in [1.165, 1.54) is 19.3 Å². The maximum absolute atomic E-state index is 5.67. The van der Waals surface area contributed by atoms with E-state index in [2.05, 4.69) is 32.4 Å². The second-order valence-corrected chi connectivity index (χ2v) is 4.69. The van der Waals surface area contributed by atoms with Gasteiger partial charge < -0.3 is 11.1 Å². The fourth-order valence-corrected chi connectivity index (χ4v) is 2.24. The van der Waals surface area contributed by atoms with E-state index in [1.807, 2.05) is 0 Å². The molecule has 0 aromatic carbocycles. The Morgan fingerprint density at radius 1 is 1.47 bits per heavy atom. The van der Waals surface area contributed by atoms with Crippen LogP contribution in [0.15, 0.2) is 6.20 Å². The molecule has 3 rings (SSSR count). The van der Waals surface area contributed by atoms with Gasteiger partial charge in [0.05, 0.1) is 11.6 Å². The van der Waals surface area contributed by atoms with Gasteiger partial charge in [-0.25, -0.2) is 0 Å². The molecule has 0 saturated heterocycles. The van der Waals surface area contributed by atoms with Gasteiger partial charge in [-0.3, -0.25) is 5.10 Å². The lowest BCUT2D eigenvalue weighted by Crippen LogP contribution is -2.31. The first-order valence-electron chi connectivity index (χ1n) is 5.97. The van der Waals surface area contributed by atoms with Gasteiger partial charge in [-0.2, -0.15) is 15.1 Å². The highest BCUT2D eigenvalue weighted by Gasteiger charge is 2.24. The van der Waals surface area contributed by atoms with Crippen LogP contribution >= 0.6 is 0 Å². The quantitative estimate of drug-likeness (QED) is 0.746. The zero-order chi connectivity index (χ0) is 11.8. The third kappa shape index (κ3) is 1.79. The summed E-state index contributed by atoms with van der Waals surface area (Å²) >= 11 is 0. The molecule has 0 spiro atoms. The molecule has 0 bridgehead atoms. The lowest BCUT2D eigenvalue weighted by atomic mass is 9.80. The van der Waals surface area contributed by atoms with Crippen molar-refractivity contribution < 1.29 is 0 Å². The highest BCUT2D eigenvalue weighted by Crippen LogP contribution is 2.31. The number of nitrogens with two attached hydrogens (primary N) is 1. The topological polar surface area (TPSA) is 92.5 Å². The molecule has 0 amide bonds. The predicted octanol–water partition coefficient (Wildman–Crippen LogP) is 1.54. The molecule has 0 radical (unpaired) electrons. The maximum atomic E-state index is 5.67. The van der Waals surface area contributed by atoms with Crippen LogP contribution in [0.4, 0.5) is 11.8 Å². The van der Waals surface area contributed by atoms with Gasteiger partial charge in [0.15, 0.2) is 5.65 Å². The van der Waals surface area contributed by atoms with E-state index in [9.17, 15) is 0 Å². The molecule has 2 heterocycles. The molecule has 1 unspecified atom stereocenters. The molecule has 2 aromatic heterocycles. The molecule has 6 nitrogen and oxygen atoms in total. The predicted molar refractivity (Wildman–Crippen MR) is 66.5 cm³/mol. The summed E-state index contributed by atoms with van der Waals surface area (Å²) in [4.78, 5) is 8.34. The number of nitrogens with one attached hydrogen (secondary N) is 2. The van der Waals surface area contributed by atoms with Gasteiger partial charge in [0.2, 0.25) is 5.95 Å². The summed E-state index contributed by atoms with van der Waals surface area (Å²) < 4.78 is 0. The van der Waals surface area contributed by atoms with Gasteiger partial charge in [0.25, 0.3) is 0 Å². The molecule has 1 aliphatic rings. The third-order valence-corrected chi connectivity index (χ3v) is 3.55. The Bertz CT molecular complexity index is 530. The number of hydrogen-bond donors (Lipinski definition) is 3. The number of H-pyrrole nitrogens is 1. The van der Waals surface area contributed by atoms with Crippen LogP contribution in [0.5, 0.6) is 0 Å². The summed E-state index contributed by atoms with van der Waals surface area (Å²) in [5, 5.41) is 11.1. The van der Waals surface area contributed by atoms with E-state index in [0.717, 1.165) is 17.1 Å². The summed E-state index contributed by atoms with van der Waals surface area (Å²) in [5.41, 5.74) is 6.35. The number of fused-ring (bicyclic) bond motifs is 1. The van der Waals surface area contributed by atoms with Gasteiger partial charge in [0.1, 0.15) is 5.82 Å². The van der Waals surface area contributed by atoms with Gasteiger partial charge >= 0.3 is 0 Å². The number of rotatable bonds is 3. The van der Waals surface area contributed by atoms with Crippen molar-refractivity contribution >= 4 is 22.8 Å². The summed E-state index contributed by atoms with van der Waals surface area (Å²) in [6.45, 7) is 2.19. The highest BCUT2D eigenvalue weighted by atomic mass is 15.2. The van der Waals surface area contributed by atoms with E-state index in [1.54, 1.807) is 6.20 Å². The van der Waals surface area contributed by atoms with Crippen molar-refractivity contribution in [3.63, 3.8) is 0 Å². The fourth-order valence-electron chi connectivity index (χ4n) is 2.24. The number of aromatic amines is 1. The molecule has 4 N–H and O–H groups in total. The van der Waals surface area contributed by atoms with Gasteiger partial charge in [-0.05, 0) is 25.7 Å². The molecular formula is C11H16N6. The molecule has 1 atom stereocenters. The summed E-state index contributed by atoms with van der Waals surface area (Å²) in [7, 11) is 0. The average molecular weight is 232 g/mol. The van der Waals surface area contributed by atoms with Crippen molar-refractivity contribution in [3.05, 3.63) is 6.20 Å². The second-order valence-electron chi connectivity index (χ2n) is 4.69. The largest absolute Gasteiger partial charge is 0.368 e. The Balaban J connectivity index is 1.90. The normalized spacial score (nSPS) is 17.9. The smallest absolute Gasteiger partial charge is 0.224 e. The number of nitrogens with zero attached hydrogens (tertiary/aromatic N) is 3. The lowest BCUT2D eigenvalue weighted by molar-refractivity contribution is 0.285. The fraction of sp³-hybridized carbons (Fsp3) is 0.545. The van der Waals surface area contributed by atoms with Crippen LogP contribution in [0.2, 0.25) is 0 Å². The molecule has 1 aliphatic carbocycles. The number of nitrogen functional groups attached to an aromatic ring is 1. The first-order chi connectivity index (χ1) is 8.24. The summed E-state index contributed by atoms with van der Waals surface area (Å²) in [5.74, 6) is 1.79. The number of hydrogen-bond acceptors (Lipinski definition) is 5. The van der Waals surface area contributed by atoms with Crippen LogP contribution in [0, 0.1) is 5.92 Å². The van der Waals surface area contributed by atoms with Crippen LogP contribution in [0.1, 0.15) is 26.2 Å². The number of anilines is 2. The Morgan fingerprint density at radius 3 is 3.00 bits per heavy atom. The Hall–Kier alpha value is -1.85. The standard InChI is InChI=1S/C11H16N6/c1-6(7-3-2-4-7)14-9-8-5-13-17-10(8)16-11(12)15-9/h5-7H,2-4H2,1H3,(H4,12,13,14,15,16,17). The first kappa shape index (κ1) is 10.3. The monoisotopic (exact) mass is 232 g/mol. The van der Waals surface area contributed by atoms with E-state index >= 15 is 0 Å². The van der Waals surface area contributed by atoms with Crippen molar-refractivity contribution in [1.29, 1.82) is 0 Å². The average Bonchev–Trinajstić information content (AvgIpc) is 2.62. The zero-order valence-electron chi connectivity index (χ0n) is 9.77. The maximum Gasteiger partial charge on any atom is 0.224 e. The minimum absolute atomic E-state index is 0.269. The minimum Gasteiger partial charge on any atom is -0.368 e. The molecule has 0 aliphatic heterocycles. The van der Waals surface area contributed by atoms with Gasteiger partial charge in [0, 0.05) is 6.04 Å². The van der Waals surface area contributed by atoms with E-state index in [-0.39, 0.29) is 5.95 Å². The van der Waals surface area contributed by atoms with Crippen LogP contribution < -0.4 is 11.1 Å². The molecular weight excluding hydrogens is 216 g/mol. The van der Waals surface area contributed by atoms with Crippen LogP contribution in [0.25, 0.3) is 11.0 Å². The van der Waals surface area contributed by atoms with E-state index < -0.39 is 0 Å². The number of aromatic nitrogens is 4.